The quantitative estimate of drug-likeness (QED) is 0.683. The number of rotatable bonds is 3. The van der Waals surface area contributed by atoms with Crippen molar-refractivity contribution < 1.29 is 5.11 Å². The van der Waals surface area contributed by atoms with Crippen molar-refractivity contribution in [2.45, 2.75) is 12.8 Å². The molecule has 0 aliphatic rings. The molecule has 0 spiro atoms. The van der Waals surface area contributed by atoms with Crippen molar-refractivity contribution >= 4 is 5.78 Å². The zero-order chi connectivity index (χ0) is 9.10. The summed E-state index contributed by atoms with van der Waals surface area (Å²) in [6.45, 7) is 0.188. The van der Waals surface area contributed by atoms with Gasteiger partial charge in [0.05, 0.1) is 0 Å². The standard InChI is InChI=1S/C7H9N5O/c13-3-1-2-6-4-8-7-9-10-11-12(7)5-6/h4-5,13H,1-3H2. The van der Waals surface area contributed by atoms with Gasteiger partial charge in [-0.1, -0.05) is 5.10 Å². The largest absolute Gasteiger partial charge is 0.396 e. The van der Waals surface area contributed by atoms with Gasteiger partial charge in [-0.15, -0.1) is 0 Å². The van der Waals surface area contributed by atoms with Crippen LogP contribution >= 0.6 is 0 Å². The molecule has 2 rings (SSSR count). The minimum Gasteiger partial charge on any atom is -0.396 e. The molecule has 0 fully saturated rings. The molecule has 0 radical (unpaired) electrons. The molecule has 2 heterocycles. The molecule has 0 unspecified atom stereocenters. The fourth-order valence-electron chi connectivity index (χ4n) is 1.10. The lowest BCUT2D eigenvalue weighted by molar-refractivity contribution is 0.288. The molecular weight excluding hydrogens is 170 g/mol. The highest BCUT2D eigenvalue weighted by Crippen LogP contribution is 2.01. The molecule has 68 valence electrons. The van der Waals surface area contributed by atoms with Gasteiger partial charge in [0, 0.05) is 19.0 Å². The van der Waals surface area contributed by atoms with E-state index in [1.165, 1.54) is 4.52 Å². The Morgan fingerprint density at radius 1 is 1.46 bits per heavy atom. The number of aliphatic hydroxyl groups excluding tert-OH is 1. The molecule has 0 aliphatic carbocycles. The number of tetrazole rings is 1. The van der Waals surface area contributed by atoms with Gasteiger partial charge < -0.3 is 5.11 Å². The molecule has 0 saturated heterocycles. The number of fused-ring (bicyclic) bond motifs is 1. The molecule has 0 amide bonds. The van der Waals surface area contributed by atoms with E-state index in [1.54, 1.807) is 6.20 Å². The smallest absolute Gasteiger partial charge is 0.273 e. The molecule has 0 aliphatic heterocycles. The van der Waals surface area contributed by atoms with Crippen molar-refractivity contribution in [1.29, 1.82) is 0 Å². The zero-order valence-corrected chi connectivity index (χ0v) is 6.96. The van der Waals surface area contributed by atoms with Crippen molar-refractivity contribution in [3.63, 3.8) is 0 Å². The first-order valence-corrected chi connectivity index (χ1v) is 4.03. The summed E-state index contributed by atoms with van der Waals surface area (Å²) in [5.74, 6) is 0.493. The Bertz CT molecular complexity index is 398. The summed E-state index contributed by atoms with van der Waals surface area (Å²) >= 11 is 0. The lowest BCUT2D eigenvalue weighted by Crippen LogP contribution is -1.96. The van der Waals surface area contributed by atoms with E-state index in [9.17, 15) is 0 Å². The van der Waals surface area contributed by atoms with Crippen LogP contribution in [-0.4, -0.2) is 36.7 Å². The first-order chi connectivity index (χ1) is 6.40. The van der Waals surface area contributed by atoms with E-state index in [0.29, 0.717) is 5.78 Å². The maximum atomic E-state index is 8.63. The van der Waals surface area contributed by atoms with Gasteiger partial charge >= 0.3 is 0 Å². The number of aryl methyl sites for hydroxylation is 1. The third kappa shape index (κ3) is 1.62. The molecule has 13 heavy (non-hydrogen) atoms. The molecule has 2 aromatic heterocycles. The molecule has 0 atom stereocenters. The van der Waals surface area contributed by atoms with Crippen LogP contribution in [0, 0.1) is 0 Å². The van der Waals surface area contributed by atoms with Crippen LogP contribution < -0.4 is 0 Å². The Morgan fingerprint density at radius 2 is 2.38 bits per heavy atom. The Hall–Kier alpha value is -1.56. The lowest BCUT2D eigenvalue weighted by atomic mass is 10.2. The second kappa shape index (κ2) is 3.44. The number of hydrogen-bond donors (Lipinski definition) is 1. The van der Waals surface area contributed by atoms with E-state index >= 15 is 0 Å². The molecular formula is C7H9N5O. The average molecular weight is 179 g/mol. The molecule has 1 N–H and O–H groups in total. The average Bonchev–Trinajstić information content (AvgIpc) is 2.61. The van der Waals surface area contributed by atoms with Crippen LogP contribution in [-0.2, 0) is 6.42 Å². The summed E-state index contributed by atoms with van der Waals surface area (Å²) < 4.78 is 1.52. The predicted molar refractivity (Wildman–Crippen MR) is 44.0 cm³/mol. The number of nitrogens with zero attached hydrogens (tertiary/aromatic N) is 5. The van der Waals surface area contributed by atoms with Gasteiger partial charge in [-0.3, -0.25) is 0 Å². The first kappa shape index (κ1) is 8.06. The van der Waals surface area contributed by atoms with Gasteiger partial charge in [-0.25, -0.2) is 4.98 Å². The second-order valence-corrected chi connectivity index (χ2v) is 2.71. The zero-order valence-electron chi connectivity index (χ0n) is 6.96. The van der Waals surface area contributed by atoms with Crippen LogP contribution in [0.15, 0.2) is 12.4 Å². The summed E-state index contributed by atoms with van der Waals surface area (Å²) in [7, 11) is 0. The Balaban J connectivity index is 2.26. The minimum absolute atomic E-state index is 0.188. The van der Waals surface area contributed by atoms with E-state index in [0.717, 1.165) is 18.4 Å². The maximum Gasteiger partial charge on any atom is 0.273 e. The summed E-state index contributed by atoms with van der Waals surface area (Å²) in [6, 6.07) is 0. The van der Waals surface area contributed by atoms with Gasteiger partial charge in [-0.2, -0.15) is 4.52 Å². The van der Waals surface area contributed by atoms with E-state index < -0.39 is 0 Å². The van der Waals surface area contributed by atoms with Crippen molar-refractivity contribution in [1.82, 2.24) is 25.0 Å². The van der Waals surface area contributed by atoms with Crippen LogP contribution in [0.3, 0.4) is 0 Å². The molecule has 2 aromatic rings. The fraction of sp³-hybridized carbons (Fsp3) is 0.429. The summed E-state index contributed by atoms with van der Waals surface area (Å²) in [5.41, 5.74) is 1.02. The number of hydrogen-bond acceptors (Lipinski definition) is 5. The van der Waals surface area contributed by atoms with Crippen molar-refractivity contribution in [3.05, 3.63) is 18.0 Å². The van der Waals surface area contributed by atoms with E-state index in [2.05, 4.69) is 20.5 Å². The van der Waals surface area contributed by atoms with Gasteiger partial charge in [0.2, 0.25) is 0 Å². The van der Waals surface area contributed by atoms with Gasteiger partial charge in [0.15, 0.2) is 0 Å². The molecule has 0 aromatic carbocycles. The third-order valence-electron chi connectivity index (χ3n) is 1.73. The Morgan fingerprint density at radius 3 is 3.23 bits per heavy atom. The second-order valence-electron chi connectivity index (χ2n) is 2.71. The van der Waals surface area contributed by atoms with Crippen molar-refractivity contribution in [3.8, 4) is 0 Å². The highest BCUT2D eigenvalue weighted by molar-refractivity contribution is 5.24. The van der Waals surface area contributed by atoms with Gasteiger partial charge in [0.1, 0.15) is 0 Å². The van der Waals surface area contributed by atoms with E-state index in [1.807, 2.05) is 6.20 Å². The first-order valence-electron chi connectivity index (χ1n) is 4.03. The van der Waals surface area contributed by atoms with Crippen LogP contribution in [0.2, 0.25) is 0 Å². The maximum absolute atomic E-state index is 8.63. The monoisotopic (exact) mass is 179 g/mol. The Labute approximate surface area is 74.2 Å². The minimum atomic E-state index is 0.188. The van der Waals surface area contributed by atoms with Crippen molar-refractivity contribution in [2.75, 3.05) is 6.61 Å². The highest BCUT2D eigenvalue weighted by Gasteiger charge is 1.99. The topological polar surface area (TPSA) is 76.2 Å². The van der Waals surface area contributed by atoms with Crippen LogP contribution in [0.1, 0.15) is 12.0 Å². The lowest BCUT2D eigenvalue weighted by Gasteiger charge is -1.97. The Kier molecular flexibility index (Phi) is 2.13. The number of aromatic nitrogens is 5. The van der Waals surface area contributed by atoms with Crippen molar-refractivity contribution in [2.24, 2.45) is 0 Å². The number of aliphatic hydroxyl groups is 1. The normalized spacial score (nSPS) is 10.8. The molecule has 0 bridgehead atoms. The molecule has 0 saturated carbocycles. The summed E-state index contributed by atoms with van der Waals surface area (Å²) in [5, 5.41) is 19.5. The predicted octanol–water partition coefficient (Wildman–Crippen LogP) is -0.556. The third-order valence-corrected chi connectivity index (χ3v) is 1.73. The highest BCUT2D eigenvalue weighted by atomic mass is 16.2. The van der Waals surface area contributed by atoms with Gasteiger partial charge in [-0.05, 0) is 28.8 Å². The molecule has 6 nitrogen and oxygen atoms in total. The van der Waals surface area contributed by atoms with E-state index in [4.69, 9.17) is 5.11 Å². The van der Waals surface area contributed by atoms with E-state index in [-0.39, 0.29) is 6.61 Å². The van der Waals surface area contributed by atoms with Crippen LogP contribution in [0.5, 0.6) is 0 Å². The summed E-state index contributed by atoms with van der Waals surface area (Å²) in [6.07, 6.45) is 5.06. The van der Waals surface area contributed by atoms with Gasteiger partial charge in [0.25, 0.3) is 5.78 Å². The fourth-order valence-corrected chi connectivity index (χ4v) is 1.10. The molecule has 6 heteroatoms. The SMILES string of the molecule is OCCCc1cnc2nnnn2c1. The van der Waals surface area contributed by atoms with Crippen LogP contribution in [0.25, 0.3) is 5.78 Å². The summed E-state index contributed by atoms with van der Waals surface area (Å²) in [4.78, 5) is 4.04. The van der Waals surface area contributed by atoms with Crippen LogP contribution in [0.4, 0.5) is 0 Å².